The number of nitrogens with one attached hydrogen (secondary N) is 1. The molecule has 72 valence electrons. The van der Waals surface area contributed by atoms with Gasteiger partial charge in [-0.25, -0.2) is 0 Å². The van der Waals surface area contributed by atoms with Gasteiger partial charge < -0.3 is 10.4 Å². The van der Waals surface area contributed by atoms with Crippen LogP contribution in [0.1, 0.15) is 39.5 Å². The first kappa shape index (κ1) is 10.0. The van der Waals surface area contributed by atoms with E-state index in [0.717, 1.165) is 18.9 Å². The number of hydrogen-bond acceptors (Lipinski definition) is 2. The number of hydrogen-bond donors (Lipinski definition) is 2. The molecule has 1 unspecified atom stereocenters. The molecule has 0 spiro atoms. The SMILES string of the molecule is CCNC(C)(CO)CC1CCC1. The summed E-state index contributed by atoms with van der Waals surface area (Å²) in [5.74, 6) is 0.862. The maximum Gasteiger partial charge on any atom is 0.0610 e. The van der Waals surface area contributed by atoms with Crippen LogP contribution in [0.25, 0.3) is 0 Å². The summed E-state index contributed by atoms with van der Waals surface area (Å²) in [6.45, 7) is 5.42. The van der Waals surface area contributed by atoms with Crippen LogP contribution in [0.2, 0.25) is 0 Å². The minimum Gasteiger partial charge on any atom is -0.394 e. The molecule has 0 heterocycles. The van der Waals surface area contributed by atoms with E-state index in [9.17, 15) is 5.11 Å². The van der Waals surface area contributed by atoms with Crippen molar-refractivity contribution in [1.29, 1.82) is 0 Å². The Hall–Kier alpha value is -0.0800. The molecule has 12 heavy (non-hydrogen) atoms. The lowest BCUT2D eigenvalue weighted by atomic mass is 9.77. The normalized spacial score (nSPS) is 23.2. The molecule has 0 amide bonds. The molecule has 0 aromatic carbocycles. The molecule has 2 nitrogen and oxygen atoms in total. The maximum absolute atomic E-state index is 9.22. The summed E-state index contributed by atoms with van der Waals surface area (Å²) in [7, 11) is 0. The van der Waals surface area contributed by atoms with Gasteiger partial charge in [0.2, 0.25) is 0 Å². The second kappa shape index (κ2) is 4.24. The van der Waals surface area contributed by atoms with Crippen molar-refractivity contribution in [3.05, 3.63) is 0 Å². The van der Waals surface area contributed by atoms with Gasteiger partial charge in [-0.2, -0.15) is 0 Å². The Morgan fingerprint density at radius 1 is 1.50 bits per heavy atom. The van der Waals surface area contributed by atoms with E-state index in [-0.39, 0.29) is 12.1 Å². The quantitative estimate of drug-likeness (QED) is 0.657. The summed E-state index contributed by atoms with van der Waals surface area (Å²) in [5.41, 5.74) is -0.0279. The first-order chi connectivity index (χ1) is 5.70. The summed E-state index contributed by atoms with van der Waals surface area (Å²) in [6.07, 6.45) is 5.25. The van der Waals surface area contributed by atoms with E-state index in [1.54, 1.807) is 0 Å². The Bertz CT molecular complexity index is 134. The summed E-state index contributed by atoms with van der Waals surface area (Å²) < 4.78 is 0. The van der Waals surface area contributed by atoms with Gasteiger partial charge in [0.1, 0.15) is 0 Å². The number of aliphatic hydroxyl groups excluding tert-OH is 1. The molecule has 0 aromatic rings. The van der Waals surface area contributed by atoms with Gasteiger partial charge in [0, 0.05) is 5.54 Å². The fourth-order valence-corrected chi connectivity index (χ4v) is 1.95. The number of likely N-dealkylation sites (N-methyl/N-ethyl adjacent to an activating group) is 1. The Morgan fingerprint density at radius 3 is 2.50 bits per heavy atom. The zero-order valence-electron chi connectivity index (χ0n) is 8.27. The third-order valence-corrected chi connectivity index (χ3v) is 2.92. The molecule has 0 radical (unpaired) electrons. The Balaban J connectivity index is 2.30. The van der Waals surface area contributed by atoms with Crippen LogP contribution < -0.4 is 5.32 Å². The van der Waals surface area contributed by atoms with E-state index in [4.69, 9.17) is 0 Å². The summed E-state index contributed by atoms with van der Waals surface area (Å²) in [6, 6.07) is 0. The first-order valence-corrected chi connectivity index (χ1v) is 5.06. The van der Waals surface area contributed by atoms with Gasteiger partial charge in [0.05, 0.1) is 6.61 Å². The van der Waals surface area contributed by atoms with Crippen molar-refractivity contribution < 1.29 is 5.11 Å². The molecule has 1 aliphatic carbocycles. The van der Waals surface area contributed by atoms with Gasteiger partial charge in [-0.05, 0) is 25.8 Å². The van der Waals surface area contributed by atoms with Gasteiger partial charge in [0.25, 0.3) is 0 Å². The largest absolute Gasteiger partial charge is 0.394 e. The maximum atomic E-state index is 9.22. The van der Waals surface area contributed by atoms with E-state index in [1.807, 2.05) is 0 Å². The average Bonchev–Trinajstić information content (AvgIpc) is 1.98. The lowest BCUT2D eigenvalue weighted by Gasteiger charge is -2.36. The van der Waals surface area contributed by atoms with Gasteiger partial charge in [-0.15, -0.1) is 0 Å². The molecule has 1 rings (SSSR count). The van der Waals surface area contributed by atoms with Gasteiger partial charge >= 0.3 is 0 Å². The predicted octanol–water partition coefficient (Wildman–Crippen LogP) is 1.54. The van der Waals surface area contributed by atoms with Crippen LogP contribution in [0.4, 0.5) is 0 Å². The molecule has 1 aliphatic rings. The van der Waals surface area contributed by atoms with Gasteiger partial charge in [-0.3, -0.25) is 0 Å². The molecule has 1 atom stereocenters. The fraction of sp³-hybridized carbons (Fsp3) is 1.00. The monoisotopic (exact) mass is 171 g/mol. The zero-order valence-corrected chi connectivity index (χ0v) is 8.27. The molecule has 0 aliphatic heterocycles. The number of rotatable bonds is 5. The van der Waals surface area contributed by atoms with Gasteiger partial charge in [0.15, 0.2) is 0 Å². The van der Waals surface area contributed by atoms with E-state index < -0.39 is 0 Å². The second-order valence-corrected chi connectivity index (χ2v) is 4.25. The van der Waals surface area contributed by atoms with Gasteiger partial charge in [-0.1, -0.05) is 26.2 Å². The van der Waals surface area contributed by atoms with Crippen LogP contribution in [-0.4, -0.2) is 23.8 Å². The fourth-order valence-electron chi connectivity index (χ4n) is 1.95. The zero-order chi connectivity index (χ0) is 9.03. The Morgan fingerprint density at radius 2 is 2.17 bits per heavy atom. The molecule has 1 fully saturated rings. The van der Waals surface area contributed by atoms with Crippen LogP contribution in [-0.2, 0) is 0 Å². The molecule has 1 saturated carbocycles. The third-order valence-electron chi connectivity index (χ3n) is 2.92. The topological polar surface area (TPSA) is 32.3 Å². The smallest absolute Gasteiger partial charge is 0.0610 e. The van der Waals surface area contributed by atoms with Crippen LogP contribution >= 0.6 is 0 Å². The van der Waals surface area contributed by atoms with Crippen molar-refractivity contribution in [2.24, 2.45) is 5.92 Å². The van der Waals surface area contributed by atoms with Crippen molar-refractivity contribution >= 4 is 0 Å². The molecule has 0 aromatic heterocycles. The lowest BCUT2D eigenvalue weighted by molar-refractivity contribution is 0.126. The van der Waals surface area contributed by atoms with Crippen molar-refractivity contribution in [2.45, 2.75) is 45.1 Å². The Labute approximate surface area is 75.4 Å². The molecule has 2 N–H and O–H groups in total. The summed E-state index contributed by atoms with van der Waals surface area (Å²) in [5, 5.41) is 12.6. The van der Waals surface area contributed by atoms with Crippen LogP contribution in [0.3, 0.4) is 0 Å². The highest BCUT2D eigenvalue weighted by Gasteiger charge is 2.29. The van der Waals surface area contributed by atoms with E-state index >= 15 is 0 Å². The molecular weight excluding hydrogens is 150 g/mol. The second-order valence-electron chi connectivity index (χ2n) is 4.25. The van der Waals surface area contributed by atoms with Crippen molar-refractivity contribution in [3.8, 4) is 0 Å². The minimum absolute atomic E-state index is 0.0279. The molecular formula is C10H21NO. The van der Waals surface area contributed by atoms with Crippen LogP contribution in [0.15, 0.2) is 0 Å². The van der Waals surface area contributed by atoms with Crippen molar-refractivity contribution in [3.63, 3.8) is 0 Å². The van der Waals surface area contributed by atoms with Crippen molar-refractivity contribution in [1.82, 2.24) is 5.32 Å². The summed E-state index contributed by atoms with van der Waals surface area (Å²) >= 11 is 0. The highest BCUT2D eigenvalue weighted by atomic mass is 16.3. The standard InChI is InChI=1S/C10H21NO/c1-3-11-10(2,8-12)7-9-5-4-6-9/h9,11-12H,3-8H2,1-2H3. The number of aliphatic hydroxyl groups is 1. The molecule has 0 bridgehead atoms. The predicted molar refractivity (Wildman–Crippen MR) is 51.1 cm³/mol. The highest BCUT2D eigenvalue weighted by molar-refractivity contribution is 4.87. The Kier molecular flexibility index (Phi) is 3.53. The van der Waals surface area contributed by atoms with E-state index in [2.05, 4.69) is 19.2 Å². The third kappa shape index (κ3) is 2.46. The average molecular weight is 171 g/mol. The molecule has 0 saturated heterocycles. The highest BCUT2D eigenvalue weighted by Crippen LogP contribution is 2.33. The first-order valence-electron chi connectivity index (χ1n) is 5.06. The lowest BCUT2D eigenvalue weighted by Crippen LogP contribution is -2.47. The van der Waals surface area contributed by atoms with Crippen molar-refractivity contribution in [2.75, 3.05) is 13.2 Å². The minimum atomic E-state index is -0.0279. The molecule has 2 heteroatoms. The van der Waals surface area contributed by atoms with Crippen LogP contribution in [0, 0.1) is 5.92 Å². The summed E-state index contributed by atoms with van der Waals surface area (Å²) in [4.78, 5) is 0. The van der Waals surface area contributed by atoms with Crippen LogP contribution in [0.5, 0.6) is 0 Å². The van der Waals surface area contributed by atoms with E-state index in [0.29, 0.717) is 0 Å². The van der Waals surface area contributed by atoms with E-state index in [1.165, 1.54) is 19.3 Å².